The Hall–Kier alpha value is -2.96. The molecule has 5 rings (SSSR count). The molecule has 1 atom stereocenters. The van der Waals surface area contributed by atoms with Crippen molar-refractivity contribution in [1.82, 2.24) is 0 Å². The third kappa shape index (κ3) is 5.10. The summed E-state index contributed by atoms with van der Waals surface area (Å²) in [7, 11) is -7.03. The lowest BCUT2D eigenvalue weighted by Crippen LogP contribution is -2.18. The molecule has 0 saturated heterocycles. The molecule has 0 fully saturated rings. The van der Waals surface area contributed by atoms with Crippen LogP contribution < -0.4 is 15.0 Å². The Morgan fingerprint density at radius 3 is 2.24 bits per heavy atom. The highest BCUT2D eigenvalue weighted by atomic mass is 32.1. The van der Waals surface area contributed by atoms with Crippen molar-refractivity contribution in [1.29, 1.82) is 0 Å². The number of nitrogens with one attached hydrogen (secondary N) is 1. The number of furan rings is 1. The molecule has 10 heteroatoms. The molecular weight excluding hydrogens is 528 g/mol. The molecule has 0 bridgehead atoms. The van der Waals surface area contributed by atoms with Gasteiger partial charge in [-0.1, -0.05) is 60.2 Å². The average molecular weight is 554 g/mol. The van der Waals surface area contributed by atoms with Crippen LogP contribution in [-0.4, -0.2) is 16.9 Å². The van der Waals surface area contributed by atoms with Crippen LogP contribution >= 0.6 is 26.5 Å². The Morgan fingerprint density at radius 2 is 1.59 bits per heavy atom. The van der Waals surface area contributed by atoms with Crippen molar-refractivity contribution in [2.24, 2.45) is 0 Å². The number of hydrogen-bond donors (Lipinski definition) is 3. The van der Waals surface area contributed by atoms with Gasteiger partial charge >= 0.3 is 15.1 Å². The predicted molar refractivity (Wildman–Crippen MR) is 150 cm³/mol. The third-order valence-electron chi connectivity index (χ3n) is 6.05. The second-order valence-corrected chi connectivity index (χ2v) is 13.8. The van der Waals surface area contributed by atoms with Crippen molar-refractivity contribution in [3.8, 4) is 21.8 Å². The summed E-state index contributed by atoms with van der Waals surface area (Å²) in [6, 6.07) is 24.3. The second kappa shape index (κ2) is 9.73. The molecule has 1 unspecified atom stereocenters. The second-order valence-electron chi connectivity index (χ2n) is 8.74. The summed E-state index contributed by atoms with van der Waals surface area (Å²) in [5.74, 6) is 0.728. The van der Waals surface area contributed by atoms with Gasteiger partial charge in [0, 0.05) is 22.9 Å². The first-order chi connectivity index (χ1) is 17.6. The number of fused-ring (bicyclic) bond motifs is 1. The van der Waals surface area contributed by atoms with E-state index in [9.17, 15) is 18.9 Å². The van der Waals surface area contributed by atoms with E-state index in [0.717, 1.165) is 50.3 Å². The lowest BCUT2D eigenvalue weighted by Gasteiger charge is -2.21. The fourth-order valence-electron chi connectivity index (χ4n) is 4.24. The van der Waals surface area contributed by atoms with Crippen LogP contribution in [0.25, 0.3) is 32.7 Å². The van der Waals surface area contributed by atoms with Crippen molar-refractivity contribution in [2.75, 3.05) is 12.2 Å². The van der Waals surface area contributed by atoms with Gasteiger partial charge in [0.1, 0.15) is 16.0 Å². The van der Waals surface area contributed by atoms with Gasteiger partial charge < -0.3 is 23.8 Å². The highest BCUT2D eigenvalue weighted by molar-refractivity contribution is 7.70. The SMILES string of the molecule is COP(=O)(Nc1cc(-c2ccc(-c3cc4ccccc4o3)cc2)sc1P(=O)(O)O)c1ccc(C)cc1C. The standard InChI is InChI=1S/C27H25NO6P2S/c1-17-8-13-25(18(2)14-17)35(29,33-3)28-22-16-26(37-27(22)36(30,31)32)20-11-9-19(10-12-20)24-15-21-6-4-5-7-23(21)34-24/h4-16H,1-3H3,(H,28,29)(H2,30,31,32). The number of rotatable bonds is 7. The normalized spacial score (nSPS) is 13.5. The van der Waals surface area contributed by atoms with Gasteiger partial charge in [-0.2, -0.15) is 0 Å². The Balaban J connectivity index is 1.51. The first kappa shape index (κ1) is 25.7. The monoisotopic (exact) mass is 553 g/mol. The van der Waals surface area contributed by atoms with Crippen LogP contribution in [-0.2, 0) is 13.7 Å². The van der Waals surface area contributed by atoms with Crippen LogP contribution in [0.15, 0.2) is 83.3 Å². The predicted octanol–water partition coefficient (Wildman–Crippen LogP) is 6.83. The maximum Gasteiger partial charge on any atom is 0.368 e. The quantitative estimate of drug-likeness (QED) is 0.190. The van der Waals surface area contributed by atoms with E-state index in [1.165, 1.54) is 7.11 Å². The summed E-state index contributed by atoms with van der Waals surface area (Å²) in [6.07, 6.45) is 0. The molecule has 0 radical (unpaired) electrons. The maximum absolute atomic E-state index is 13.8. The summed E-state index contributed by atoms with van der Waals surface area (Å²) in [4.78, 5) is 20.7. The number of hydrogen-bond acceptors (Lipinski definition) is 5. The smallest absolute Gasteiger partial charge is 0.368 e. The zero-order valence-electron chi connectivity index (χ0n) is 20.3. The van der Waals surface area contributed by atoms with Crippen molar-refractivity contribution < 1.29 is 27.9 Å². The van der Waals surface area contributed by atoms with Gasteiger partial charge in [0.2, 0.25) is 0 Å². The molecule has 0 aliphatic heterocycles. The number of para-hydroxylation sites is 1. The lowest BCUT2D eigenvalue weighted by molar-refractivity contribution is 0.388. The Kier molecular flexibility index (Phi) is 6.75. The molecule has 37 heavy (non-hydrogen) atoms. The summed E-state index contributed by atoms with van der Waals surface area (Å²) in [6.45, 7) is 3.75. The fourth-order valence-corrected chi connectivity index (χ4v) is 8.17. The van der Waals surface area contributed by atoms with Gasteiger partial charge in [0.25, 0.3) is 0 Å². The van der Waals surface area contributed by atoms with Crippen LogP contribution in [0, 0.1) is 13.8 Å². The minimum absolute atomic E-state index is 0.0832. The van der Waals surface area contributed by atoms with E-state index in [1.807, 2.05) is 80.6 Å². The van der Waals surface area contributed by atoms with Crippen LogP contribution in [0.2, 0.25) is 0 Å². The van der Waals surface area contributed by atoms with Crippen LogP contribution in [0.5, 0.6) is 0 Å². The van der Waals surface area contributed by atoms with E-state index < -0.39 is 15.1 Å². The van der Waals surface area contributed by atoms with Crippen molar-refractivity contribution in [3.63, 3.8) is 0 Å². The maximum atomic E-state index is 13.8. The number of thiophene rings is 1. The summed E-state index contributed by atoms with van der Waals surface area (Å²) >= 11 is 0.952. The molecule has 3 N–H and O–H groups in total. The van der Waals surface area contributed by atoms with E-state index >= 15 is 0 Å². The average Bonchev–Trinajstić information content (AvgIpc) is 3.48. The first-order valence-electron chi connectivity index (χ1n) is 11.4. The molecule has 0 aliphatic carbocycles. The van der Waals surface area contributed by atoms with E-state index in [0.29, 0.717) is 10.2 Å². The van der Waals surface area contributed by atoms with Gasteiger partial charge in [0.05, 0.1) is 11.0 Å². The molecule has 0 saturated carbocycles. The zero-order chi connectivity index (χ0) is 26.4. The lowest BCUT2D eigenvalue weighted by atomic mass is 10.1. The molecule has 3 aromatic carbocycles. The minimum atomic E-state index is -4.67. The van der Waals surface area contributed by atoms with Crippen molar-refractivity contribution in [2.45, 2.75) is 13.8 Å². The van der Waals surface area contributed by atoms with E-state index in [2.05, 4.69) is 5.09 Å². The van der Waals surface area contributed by atoms with E-state index in [4.69, 9.17) is 8.94 Å². The summed E-state index contributed by atoms with van der Waals surface area (Å²) in [5.41, 5.74) is 4.28. The van der Waals surface area contributed by atoms with Gasteiger partial charge in [0.15, 0.2) is 0 Å². The Labute approximate surface area is 218 Å². The molecule has 190 valence electrons. The third-order valence-corrected chi connectivity index (χ3v) is 11.0. The van der Waals surface area contributed by atoms with E-state index in [1.54, 1.807) is 12.1 Å². The zero-order valence-corrected chi connectivity index (χ0v) is 22.9. The summed E-state index contributed by atoms with van der Waals surface area (Å²) < 4.78 is 37.3. The van der Waals surface area contributed by atoms with Crippen LogP contribution in [0.1, 0.15) is 11.1 Å². The highest BCUT2D eigenvalue weighted by Crippen LogP contribution is 2.50. The van der Waals surface area contributed by atoms with Crippen molar-refractivity contribution >= 4 is 53.0 Å². The highest BCUT2D eigenvalue weighted by Gasteiger charge is 2.33. The Bertz CT molecular complexity index is 1670. The minimum Gasteiger partial charge on any atom is -0.456 e. The molecule has 5 aromatic rings. The number of aryl methyl sites for hydroxylation is 2. The molecule has 7 nitrogen and oxygen atoms in total. The Morgan fingerprint density at radius 1 is 0.892 bits per heavy atom. The number of anilines is 1. The van der Waals surface area contributed by atoms with Gasteiger partial charge in [-0.3, -0.25) is 9.13 Å². The van der Waals surface area contributed by atoms with Gasteiger partial charge in [-0.15, -0.1) is 11.3 Å². The summed E-state index contributed by atoms with van der Waals surface area (Å²) in [5, 5.41) is 4.29. The van der Waals surface area contributed by atoms with E-state index in [-0.39, 0.29) is 10.3 Å². The molecular formula is C27H25NO6P2S. The van der Waals surface area contributed by atoms with Gasteiger partial charge in [-0.25, -0.2) is 0 Å². The van der Waals surface area contributed by atoms with Crippen molar-refractivity contribution in [3.05, 3.63) is 90.0 Å². The van der Waals surface area contributed by atoms with Gasteiger partial charge in [-0.05, 0) is 49.2 Å². The number of benzene rings is 3. The molecule has 0 amide bonds. The molecule has 2 heterocycles. The molecule has 2 aromatic heterocycles. The molecule has 0 spiro atoms. The molecule has 0 aliphatic rings. The fraction of sp³-hybridized carbons (Fsp3) is 0.111. The van der Waals surface area contributed by atoms with Crippen LogP contribution in [0.3, 0.4) is 0 Å². The largest absolute Gasteiger partial charge is 0.456 e. The first-order valence-corrected chi connectivity index (χ1v) is 15.4. The topological polar surface area (TPSA) is 109 Å². The van der Waals surface area contributed by atoms with Crippen LogP contribution in [0.4, 0.5) is 5.69 Å².